The highest BCUT2D eigenvalue weighted by molar-refractivity contribution is 7.92. The Hall–Kier alpha value is -3.85. The molecule has 0 radical (unpaired) electrons. The highest BCUT2D eigenvalue weighted by atomic mass is 32.2. The van der Waals surface area contributed by atoms with E-state index in [1.165, 1.54) is 25.5 Å². The molecule has 1 N–H and O–H groups in total. The van der Waals surface area contributed by atoms with Crippen molar-refractivity contribution >= 4 is 27.8 Å². The lowest BCUT2D eigenvalue weighted by Gasteiger charge is -2.24. The van der Waals surface area contributed by atoms with Crippen LogP contribution in [0.4, 0.5) is 5.69 Å². The maximum absolute atomic E-state index is 13.4. The fraction of sp³-hybridized carbons (Fsp3) is 0.259. The number of nitrogens with one attached hydrogen (secondary N) is 1. The van der Waals surface area contributed by atoms with Gasteiger partial charge < -0.3 is 9.47 Å². The number of hydrogen-bond acceptors (Lipinski definition) is 6. The van der Waals surface area contributed by atoms with E-state index in [4.69, 9.17) is 9.47 Å². The third kappa shape index (κ3) is 7.32. The van der Waals surface area contributed by atoms with E-state index in [2.05, 4.69) is 17.5 Å². The van der Waals surface area contributed by atoms with E-state index in [1.807, 2.05) is 31.2 Å². The minimum Gasteiger partial charge on any atom is -0.497 e. The number of hydrogen-bond donors (Lipinski definition) is 1. The third-order valence-electron chi connectivity index (χ3n) is 5.31. The molecule has 0 unspecified atom stereocenters. The van der Waals surface area contributed by atoms with Gasteiger partial charge in [-0.15, -0.1) is 0 Å². The first-order chi connectivity index (χ1) is 17.3. The van der Waals surface area contributed by atoms with Gasteiger partial charge in [0.1, 0.15) is 18.0 Å². The molecule has 36 heavy (non-hydrogen) atoms. The van der Waals surface area contributed by atoms with Crippen LogP contribution >= 0.6 is 0 Å². The second-order valence-electron chi connectivity index (χ2n) is 8.09. The van der Waals surface area contributed by atoms with Gasteiger partial charge in [0.25, 0.3) is 15.9 Å². The van der Waals surface area contributed by atoms with Gasteiger partial charge in [-0.05, 0) is 79.6 Å². The van der Waals surface area contributed by atoms with Crippen molar-refractivity contribution < 1.29 is 22.7 Å². The molecule has 0 saturated heterocycles. The van der Waals surface area contributed by atoms with E-state index in [-0.39, 0.29) is 4.90 Å². The molecular formula is C27H31N3O5S. The summed E-state index contributed by atoms with van der Waals surface area (Å²) >= 11 is 0. The number of aryl methyl sites for hydroxylation is 1. The molecule has 0 aliphatic rings. The van der Waals surface area contributed by atoms with Crippen LogP contribution in [0, 0.1) is 6.92 Å². The highest BCUT2D eigenvalue weighted by Gasteiger charge is 2.27. The summed E-state index contributed by atoms with van der Waals surface area (Å²) in [6.45, 7) is 4.22. The first-order valence-electron chi connectivity index (χ1n) is 11.6. The Morgan fingerprint density at radius 1 is 0.972 bits per heavy atom. The molecule has 3 aromatic rings. The van der Waals surface area contributed by atoms with Gasteiger partial charge in [-0.25, -0.2) is 13.8 Å². The minimum atomic E-state index is -4.03. The zero-order chi connectivity index (χ0) is 26.0. The number of benzene rings is 3. The Kier molecular flexibility index (Phi) is 9.46. The average Bonchev–Trinajstić information content (AvgIpc) is 2.89. The summed E-state index contributed by atoms with van der Waals surface area (Å²) in [5.74, 6) is 0.717. The van der Waals surface area contributed by atoms with Crippen LogP contribution in [-0.2, 0) is 14.8 Å². The van der Waals surface area contributed by atoms with Crippen molar-refractivity contribution in [2.75, 3.05) is 24.6 Å². The number of hydrazone groups is 1. The fourth-order valence-corrected chi connectivity index (χ4v) is 4.65. The molecule has 0 aliphatic carbocycles. The normalized spacial score (nSPS) is 11.3. The number of nitrogens with zero attached hydrogens (tertiary/aromatic N) is 2. The van der Waals surface area contributed by atoms with Crippen molar-refractivity contribution in [2.45, 2.75) is 31.6 Å². The first-order valence-corrected chi connectivity index (χ1v) is 13.1. The van der Waals surface area contributed by atoms with Crippen molar-refractivity contribution in [3.8, 4) is 11.5 Å². The Morgan fingerprint density at radius 2 is 1.61 bits per heavy atom. The zero-order valence-corrected chi connectivity index (χ0v) is 21.5. The summed E-state index contributed by atoms with van der Waals surface area (Å²) in [6.07, 6.45) is 3.54. The van der Waals surface area contributed by atoms with Gasteiger partial charge in [0.2, 0.25) is 0 Å². The Bertz CT molecular complexity index is 1260. The lowest BCUT2D eigenvalue weighted by Crippen LogP contribution is -2.39. The van der Waals surface area contributed by atoms with E-state index >= 15 is 0 Å². The zero-order valence-electron chi connectivity index (χ0n) is 20.7. The van der Waals surface area contributed by atoms with Crippen LogP contribution in [-0.4, -0.2) is 40.8 Å². The number of carbonyl (C=O) groups is 1. The fourth-order valence-electron chi connectivity index (χ4n) is 3.23. The molecule has 0 aliphatic heterocycles. The van der Waals surface area contributed by atoms with Crippen LogP contribution in [0.15, 0.2) is 82.8 Å². The largest absolute Gasteiger partial charge is 0.497 e. The lowest BCUT2D eigenvalue weighted by molar-refractivity contribution is -0.119. The number of rotatable bonds is 12. The molecule has 190 valence electrons. The summed E-state index contributed by atoms with van der Waals surface area (Å²) in [5.41, 5.74) is 4.52. The molecule has 0 saturated carbocycles. The maximum Gasteiger partial charge on any atom is 0.264 e. The molecule has 8 nitrogen and oxygen atoms in total. The van der Waals surface area contributed by atoms with Crippen LogP contribution in [0.1, 0.15) is 30.9 Å². The van der Waals surface area contributed by atoms with Gasteiger partial charge in [-0.2, -0.15) is 5.10 Å². The summed E-state index contributed by atoms with van der Waals surface area (Å²) in [6, 6.07) is 20.2. The standard InChI is InChI=1S/C27H31N3O5S/c1-4-5-18-35-25-12-8-22(9-13-25)19-28-29-27(31)20-30(23-10-6-21(2)7-11-23)36(32,33)26-16-14-24(34-3)15-17-26/h6-17,19H,4-5,18,20H2,1-3H3,(H,29,31)/b28-19-. The SMILES string of the molecule is CCCCOc1ccc(/C=N\NC(=O)CN(c2ccc(C)cc2)S(=O)(=O)c2ccc(OC)cc2)cc1. The number of methoxy groups -OCH3 is 1. The van der Waals surface area contributed by atoms with E-state index in [0.29, 0.717) is 18.0 Å². The van der Waals surface area contributed by atoms with Gasteiger partial charge in [0.15, 0.2) is 0 Å². The average molecular weight is 510 g/mol. The van der Waals surface area contributed by atoms with Crippen molar-refractivity contribution in [1.82, 2.24) is 5.43 Å². The van der Waals surface area contributed by atoms with E-state index in [9.17, 15) is 13.2 Å². The molecule has 0 atom stereocenters. The van der Waals surface area contributed by atoms with Crippen LogP contribution in [0.5, 0.6) is 11.5 Å². The van der Waals surface area contributed by atoms with Crippen molar-refractivity contribution in [3.63, 3.8) is 0 Å². The van der Waals surface area contributed by atoms with Crippen molar-refractivity contribution in [2.24, 2.45) is 5.10 Å². The summed E-state index contributed by atoms with van der Waals surface area (Å²) in [4.78, 5) is 12.7. The second kappa shape index (κ2) is 12.7. The van der Waals surface area contributed by atoms with E-state index < -0.39 is 22.5 Å². The molecule has 9 heteroatoms. The summed E-state index contributed by atoms with van der Waals surface area (Å²) in [5, 5.41) is 3.98. The monoisotopic (exact) mass is 509 g/mol. The topological polar surface area (TPSA) is 97.3 Å². The van der Waals surface area contributed by atoms with Crippen molar-refractivity contribution in [3.05, 3.63) is 83.9 Å². The number of unbranched alkanes of at least 4 members (excludes halogenated alkanes) is 1. The third-order valence-corrected chi connectivity index (χ3v) is 7.09. The van der Waals surface area contributed by atoms with Gasteiger partial charge in [0, 0.05) is 0 Å². The second-order valence-corrected chi connectivity index (χ2v) is 9.95. The van der Waals surface area contributed by atoms with Gasteiger partial charge >= 0.3 is 0 Å². The maximum atomic E-state index is 13.4. The van der Waals surface area contributed by atoms with Gasteiger partial charge in [0.05, 0.1) is 30.5 Å². The van der Waals surface area contributed by atoms with Crippen LogP contribution in [0.2, 0.25) is 0 Å². The van der Waals surface area contributed by atoms with Crippen molar-refractivity contribution in [1.29, 1.82) is 0 Å². The Morgan fingerprint density at radius 3 is 2.22 bits per heavy atom. The number of carbonyl (C=O) groups excluding carboxylic acids is 1. The lowest BCUT2D eigenvalue weighted by atomic mass is 10.2. The molecule has 0 bridgehead atoms. The molecular weight excluding hydrogens is 478 g/mol. The number of anilines is 1. The van der Waals surface area contributed by atoms with Gasteiger partial charge in [-0.3, -0.25) is 9.10 Å². The van der Waals surface area contributed by atoms with Crippen LogP contribution in [0.3, 0.4) is 0 Å². The Labute approximate surface area is 212 Å². The molecule has 1 amide bonds. The number of amides is 1. The molecule has 3 rings (SSSR count). The minimum absolute atomic E-state index is 0.0430. The summed E-state index contributed by atoms with van der Waals surface area (Å²) in [7, 11) is -2.52. The quantitative estimate of drug-likeness (QED) is 0.220. The predicted molar refractivity (Wildman–Crippen MR) is 141 cm³/mol. The highest BCUT2D eigenvalue weighted by Crippen LogP contribution is 2.25. The summed E-state index contributed by atoms with van der Waals surface area (Å²) < 4.78 is 38.7. The predicted octanol–water partition coefficient (Wildman–Crippen LogP) is 4.53. The first kappa shape index (κ1) is 26.7. The van der Waals surface area contributed by atoms with E-state index in [0.717, 1.165) is 34.0 Å². The smallest absolute Gasteiger partial charge is 0.264 e. The van der Waals surface area contributed by atoms with E-state index in [1.54, 1.807) is 36.4 Å². The number of ether oxygens (including phenoxy) is 2. The molecule has 0 spiro atoms. The molecule has 0 heterocycles. The number of sulfonamides is 1. The van der Waals surface area contributed by atoms with Crippen LogP contribution in [0.25, 0.3) is 0 Å². The molecule has 0 aromatic heterocycles. The molecule has 3 aromatic carbocycles. The van der Waals surface area contributed by atoms with Gasteiger partial charge in [-0.1, -0.05) is 31.0 Å². The Balaban J connectivity index is 1.72. The molecule has 0 fully saturated rings. The van der Waals surface area contributed by atoms with Crippen LogP contribution < -0.4 is 19.2 Å².